The Bertz CT molecular complexity index is 1580. The number of rotatable bonds is 6. The molecule has 0 aliphatic rings. The van der Waals surface area contributed by atoms with Crippen molar-refractivity contribution in [2.45, 2.75) is 6.54 Å². The number of nitrogens with one attached hydrogen (secondary N) is 2. The number of carbonyl (C=O) groups is 2. The lowest BCUT2D eigenvalue weighted by Crippen LogP contribution is -2.41. The molecule has 0 bridgehead atoms. The van der Waals surface area contributed by atoms with Crippen LogP contribution in [0.2, 0.25) is 0 Å². The third-order valence-electron chi connectivity index (χ3n) is 5.25. The number of non-ortho nitro benzene ring substituents is 1. The largest absolute Gasteiger partial charge is 0.279 e. The third kappa shape index (κ3) is 4.93. The fraction of sp³-hybridized carbons (Fsp3) is 0.0417. The first-order chi connectivity index (χ1) is 17.5. The molecule has 0 saturated carbocycles. The van der Waals surface area contributed by atoms with E-state index in [4.69, 9.17) is 0 Å². The number of benzene rings is 3. The van der Waals surface area contributed by atoms with Crippen LogP contribution in [0.1, 0.15) is 25.6 Å². The lowest BCUT2D eigenvalue weighted by Gasteiger charge is -2.07. The average molecular weight is 500 g/mol. The highest BCUT2D eigenvalue weighted by Gasteiger charge is 2.15. The summed E-state index contributed by atoms with van der Waals surface area (Å²) >= 11 is 1.17. The van der Waals surface area contributed by atoms with Gasteiger partial charge in [-0.05, 0) is 35.0 Å². The van der Waals surface area contributed by atoms with Crippen LogP contribution in [0.4, 0.5) is 5.69 Å². The molecule has 36 heavy (non-hydrogen) atoms. The molecule has 0 radical (unpaired) electrons. The van der Waals surface area contributed by atoms with Crippen LogP contribution in [-0.2, 0) is 6.54 Å². The van der Waals surface area contributed by atoms with Crippen LogP contribution < -0.4 is 10.9 Å². The molecule has 2 aromatic heterocycles. The van der Waals surface area contributed by atoms with Crippen molar-refractivity contribution in [3.05, 3.63) is 105 Å². The topological polar surface area (TPSA) is 145 Å². The van der Waals surface area contributed by atoms with Crippen molar-refractivity contribution >= 4 is 38.9 Å². The standard InChI is InChI=1S/C24H17N7O4S/c32-23(26-27-24(33)21-13-18-12-19(31(34)35)10-11-20(18)36-21)17-8-6-15(7-9-17)14-30-28-22(25-29-30)16-4-2-1-3-5-16/h1-13H,14H2,(H,26,32)(H,27,33). The minimum Gasteiger partial charge on any atom is -0.267 e. The van der Waals surface area contributed by atoms with Crippen LogP contribution in [0.3, 0.4) is 0 Å². The monoisotopic (exact) mass is 499 g/mol. The van der Waals surface area contributed by atoms with Gasteiger partial charge < -0.3 is 0 Å². The number of tetrazole rings is 1. The minimum absolute atomic E-state index is 0.0553. The summed E-state index contributed by atoms with van der Waals surface area (Å²) < 4.78 is 0.727. The van der Waals surface area contributed by atoms with Crippen LogP contribution in [-0.4, -0.2) is 36.9 Å². The molecule has 0 spiro atoms. The second-order valence-corrected chi connectivity index (χ2v) is 8.79. The highest BCUT2D eigenvalue weighted by molar-refractivity contribution is 7.20. The Kier molecular flexibility index (Phi) is 6.16. The predicted octanol–water partition coefficient (Wildman–Crippen LogP) is 3.59. The molecule has 0 fully saturated rings. The molecular weight excluding hydrogens is 482 g/mol. The van der Waals surface area contributed by atoms with E-state index in [1.54, 1.807) is 36.4 Å². The van der Waals surface area contributed by atoms with Gasteiger partial charge in [-0.25, -0.2) is 0 Å². The molecular formula is C24H17N7O4S. The van der Waals surface area contributed by atoms with Crippen molar-refractivity contribution in [3.63, 3.8) is 0 Å². The fourth-order valence-corrected chi connectivity index (χ4v) is 4.38. The summed E-state index contributed by atoms with van der Waals surface area (Å²) in [5, 5.41) is 24.0. The van der Waals surface area contributed by atoms with Crippen LogP contribution >= 0.6 is 11.3 Å². The van der Waals surface area contributed by atoms with Gasteiger partial charge in [-0.15, -0.1) is 21.5 Å². The Morgan fingerprint density at radius 2 is 1.69 bits per heavy atom. The van der Waals surface area contributed by atoms with Crippen molar-refractivity contribution < 1.29 is 14.5 Å². The van der Waals surface area contributed by atoms with E-state index in [1.165, 1.54) is 28.3 Å². The molecule has 0 aliphatic heterocycles. The number of amides is 2. The molecule has 11 nitrogen and oxygen atoms in total. The number of hydrazine groups is 1. The summed E-state index contributed by atoms with van der Waals surface area (Å²) in [4.78, 5) is 37.2. The SMILES string of the molecule is O=C(NNC(=O)c1cc2cc([N+](=O)[O-])ccc2s1)c1ccc(Cn2nnc(-c3ccccc3)n2)cc1. The van der Waals surface area contributed by atoms with E-state index in [0.29, 0.717) is 28.2 Å². The highest BCUT2D eigenvalue weighted by atomic mass is 32.1. The van der Waals surface area contributed by atoms with Crippen molar-refractivity contribution in [3.8, 4) is 11.4 Å². The Balaban J connectivity index is 1.18. The Labute approximate surface area is 207 Å². The van der Waals surface area contributed by atoms with Gasteiger partial charge >= 0.3 is 0 Å². The molecule has 0 saturated heterocycles. The molecule has 5 aromatic rings. The quantitative estimate of drug-likeness (QED) is 0.268. The predicted molar refractivity (Wildman–Crippen MR) is 132 cm³/mol. The van der Waals surface area contributed by atoms with Gasteiger partial charge in [0.1, 0.15) is 0 Å². The third-order valence-corrected chi connectivity index (χ3v) is 6.36. The molecule has 0 atom stereocenters. The van der Waals surface area contributed by atoms with Gasteiger partial charge in [0.15, 0.2) is 0 Å². The molecule has 3 aromatic carbocycles. The van der Waals surface area contributed by atoms with E-state index >= 15 is 0 Å². The normalized spacial score (nSPS) is 10.8. The molecule has 2 N–H and O–H groups in total. The molecule has 0 aliphatic carbocycles. The van der Waals surface area contributed by atoms with Crippen LogP contribution in [0, 0.1) is 10.1 Å². The summed E-state index contributed by atoms with van der Waals surface area (Å²) in [6, 6.07) is 22.2. The number of nitro benzene ring substituents is 1. The van der Waals surface area contributed by atoms with Crippen LogP contribution in [0.5, 0.6) is 0 Å². The number of nitrogens with zero attached hydrogens (tertiary/aromatic N) is 5. The number of hydrogen-bond donors (Lipinski definition) is 2. The maximum Gasteiger partial charge on any atom is 0.279 e. The van der Waals surface area contributed by atoms with E-state index in [1.807, 2.05) is 30.3 Å². The Morgan fingerprint density at radius 1 is 0.944 bits per heavy atom. The number of aromatic nitrogens is 4. The van der Waals surface area contributed by atoms with Gasteiger partial charge in [-0.2, -0.15) is 4.80 Å². The van der Waals surface area contributed by atoms with Gasteiger partial charge in [0.2, 0.25) is 5.82 Å². The zero-order valence-electron chi connectivity index (χ0n) is 18.5. The molecule has 178 valence electrons. The summed E-state index contributed by atoms with van der Waals surface area (Å²) in [5.74, 6) is -0.480. The van der Waals surface area contributed by atoms with Crippen molar-refractivity contribution in [1.29, 1.82) is 0 Å². The van der Waals surface area contributed by atoms with Crippen molar-refractivity contribution in [2.75, 3.05) is 0 Å². The van der Waals surface area contributed by atoms with Gasteiger partial charge in [-0.3, -0.25) is 30.6 Å². The number of nitro groups is 1. The second-order valence-electron chi connectivity index (χ2n) is 7.70. The van der Waals surface area contributed by atoms with Gasteiger partial charge in [0.05, 0.1) is 16.3 Å². The number of fused-ring (bicyclic) bond motifs is 1. The zero-order valence-corrected chi connectivity index (χ0v) is 19.3. The first-order valence-electron chi connectivity index (χ1n) is 10.7. The molecule has 5 rings (SSSR count). The van der Waals surface area contributed by atoms with E-state index < -0.39 is 16.7 Å². The number of hydrogen-bond acceptors (Lipinski definition) is 8. The number of carbonyl (C=O) groups excluding carboxylic acids is 2. The first-order valence-corrected chi connectivity index (χ1v) is 11.5. The lowest BCUT2D eigenvalue weighted by molar-refractivity contribution is -0.384. The lowest BCUT2D eigenvalue weighted by atomic mass is 10.1. The van der Waals surface area contributed by atoms with E-state index in [9.17, 15) is 19.7 Å². The molecule has 12 heteroatoms. The van der Waals surface area contributed by atoms with Crippen LogP contribution in [0.15, 0.2) is 78.9 Å². The Morgan fingerprint density at radius 3 is 2.44 bits per heavy atom. The van der Waals surface area contributed by atoms with Crippen molar-refractivity contribution in [1.82, 2.24) is 31.1 Å². The summed E-state index contributed by atoms with van der Waals surface area (Å²) in [6.45, 7) is 0.378. The minimum atomic E-state index is -0.518. The maximum atomic E-state index is 12.5. The van der Waals surface area contributed by atoms with Gasteiger partial charge in [-0.1, -0.05) is 42.5 Å². The summed E-state index contributed by atoms with van der Waals surface area (Å²) in [6.07, 6.45) is 0. The first kappa shape index (κ1) is 22.8. The molecule has 2 amide bonds. The van der Waals surface area contributed by atoms with E-state index in [-0.39, 0.29) is 5.69 Å². The smallest absolute Gasteiger partial charge is 0.267 e. The highest BCUT2D eigenvalue weighted by Crippen LogP contribution is 2.28. The Hall–Kier alpha value is -4.97. The van der Waals surface area contributed by atoms with E-state index in [2.05, 4.69) is 26.3 Å². The zero-order chi connectivity index (χ0) is 25.1. The molecule has 2 heterocycles. The summed E-state index contributed by atoms with van der Waals surface area (Å²) in [7, 11) is 0. The molecule has 0 unspecified atom stereocenters. The van der Waals surface area contributed by atoms with Crippen LogP contribution in [0.25, 0.3) is 21.5 Å². The number of thiophene rings is 1. The van der Waals surface area contributed by atoms with E-state index in [0.717, 1.165) is 15.8 Å². The fourth-order valence-electron chi connectivity index (χ4n) is 3.44. The maximum absolute atomic E-state index is 12.5. The van der Waals surface area contributed by atoms with Crippen molar-refractivity contribution in [2.24, 2.45) is 0 Å². The van der Waals surface area contributed by atoms with Gasteiger partial charge in [0.25, 0.3) is 17.5 Å². The van der Waals surface area contributed by atoms with Gasteiger partial charge in [0, 0.05) is 33.3 Å². The summed E-state index contributed by atoms with van der Waals surface area (Å²) in [5.41, 5.74) is 6.79. The average Bonchev–Trinajstić information content (AvgIpc) is 3.55. The second kappa shape index (κ2) is 9.72.